The zero-order valence-electron chi connectivity index (χ0n) is 10.3. The fourth-order valence-corrected chi connectivity index (χ4v) is 2.34. The van der Waals surface area contributed by atoms with Crippen LogP contribution >= 0.6 is 11.3 Å². The van der Waals surface area contributed by atoms with Crippen molar-refractivity contribution in [1.29, 1.82) is 0 Å². The highest BCUT2D eigenvalue weighted by Crippen LogP contribution is 2.26. The Balaban J connectivity index is 2.08. The first kappa shape index (κ1) is 12.3. The van der Waals surface area contributed by atoms with Gasteiger partial charge in [0, 0.05) is 17.3 Å². The first-order valence-electron chi connectivity index (χ1n) is 5.74. The maximum atomic E-state index is 5.31. The number of nitrogens with one attached hydrogen (secondary N) is 1. The van der Waals surface area contributed by atoms with E-state index in [4.69, 9.17) is 4.52 Å². The van der Waals surface area contributed by atoms with Crippen LogP contribution in [0.5, 0.6) is 0 Å². The van der Waals surface area contributed by atoms with Gasteiger partial charge in [0.1, 0.15) is 0 Å². The zero-order chi connectivity index (χ0) is 12.3. The fourth-order valence-electron chi connectivity index (χ4n) is 1.56. The summed E-state index contributed by atoms with van der Waals surface area (Å²) >= 11 is 1.71. The van der Waals surface area contributed by atoms with Crippen molar-refractivity contribution in [2.45, 2.75) is 32.2 Å². The van der Waals surface area contributed by atoms with Gasteiger partial charge in [-0.2, -0.15) is 4.98 Å². The number of nitrogens with zero attached hydrogens (tertiary/aromatic N) is 2. The molecule has 0 spiro atoms. The van der Waals surface area contributed by atoms with E-state index in [0.29, 0.717) is 11.9 Å². The lowest BCUT2D eigenvalue weighted by molar-refractivity contribution is 0.364. The van der Waals surface area contributed by atoms with Gasteiger partial charge >= 0.3 is 0 Å². The first-order valence-corrected chi connectivity index (χ1v) is 6.61. The molecular formula is C12H17N3OS. The Kier molecular flexibility index (Phi) is 3.91. The average molecular weight is 251 g/mol. The zero-order valence-corrected chi connectivity index (χ0v) is 11.1. The molecule has 2 unspecified atom stereocenters. The molecule has 2 atom stereocenters. The number of aromatic nitrogens is 2. The Morgan fingerprint density at radius 2 is 2.29 bits per heavy atom. The molecule has 0 aliphatic rings. The second kappa shape index (κ2) is 5.42. The van der Waals surface area contributed by atoms with Crippen LogP contribution < -0.4 is 5.32 Å². The van der Waals surface area contributed by atoms with Gasteiger partial charge in [0.15, 0.2) is 5.82 Å². The molecule has 17 heavy (non-hydrogen) atoms. The van der Waals surface area contributed by atoms with E-state index < -0.39 is 0 Å². The molecule has 2 aromatic rings. The second-order valence-corrected chi connectivity index (χ2v) is 5.16. The van der Waals surface area contributed by atoms with Crippen LogP contribution in [0.25, 0.3) is 0 Å². The first-order chi connectivity index (χ1) is 8.20. The lowest BCUT2D eigenvalue weighted by Gasteiger charge is -2.05. The number of likely N-dealkylation sites (N-methyl/N-ethyl adjacent to an activating group) is 1. The summed E-state index contributed by atoms with van der Waals surface area (Å²) in [5.41, 5.74) is 0. The van der Waals surface area contributed by atoms with E-state index in [2.05, 4.69) is 40.8 Å². The molecule has 0 fully saturated rings. The molecule has 2 rings (SSSR count). The van der Waals surface area contributed by atoms with E-state index >= 15 is 0 Å². The summed E-state index contributed by atoms with van der Waals surface area (Å²) in [5, 5.41) is 9.24. The van der Waals surface area contributed by atoms with Crippen LogP contribution in [0.3, 0.4) is 0 Å². The molecule has 0 aliphatic carbocycles. The topological polar surface area (TPSA) is 51.0 Å². The Morgan fingerprint density at radius 1 is 1.47 bits per heavy atom. The third-order valence-electron chi connectivity index (χ3n) is 2.81. The number of rotatable bonds is 5. The van der Waals surface area contributed by atoms with Gasteiger partial charge in [0.05, 0.1) is 5.92 Å². The molecule has 0 saturated heterocycles. The smallest absolute Gasteiger partial charge is 0.234 e. The maximum Gasteiger partial charge on any atom is 0.234 e. The van der Waals surface area contributed by atoms with Crippen molar-refractivity contribution in [2.75, 3.05) is 7.05 Å². The molecule has 0 saturated carbocycles. The molecule has 0 aromatic carbocycles. The molecule has 92 valence electrons. The molecule has 4 nitrogen and oxygen atoms in total. The van der Waals surface area contributed by atoms with Gasteiger partial charge in [-0.3, -0.25) is 0 Å². The quantitative estimate of drug-likeness (QED) is 0.886. The molecule has 0 aliphatic heterocycles. The van der Waals surface area contributed by atoms with Gasteiger partial charge in [0.2, 0.25) is 5.89 Å². The van der Waals surface area contributed by atoms with Crippen molar-refractivity contribution in [3.05, 3.63) is 34.1 Å². The predicted octanol–water partition coefficient (Wildman–Crippen LogP) is 2.43. The minimum atomic E-state index is 0.182. The van der Waals surface area contributed by atoms with Crippen molar-refractivity contribution in [2.24, 2.45) is 0 Å². The third-order valence-corrected chi connectivity index (χ3v) is 3.86. The summed E-state index contributed by atoms with van der Waals surface area (Å²) in [6.07, 6.45) is 0.789. The van der Waals surface area contributed by atoms with Gasteiger partial charge in [-0.15, -0.1) is 11.3 Å². The minimum absolute atomic E-state index is 0.182. The van der Waals surface area contributed by atoms with Gasteiger partial charge in [-0.1, -0.05) is 11.2 Å². The lowest BCUT2D eigenvalue weighted by Crippen LogP contribution is -2.24. The van der Waals surface area contributed by atoms with E-state index in [-0.39, 0.29) is 5.92 Å². The largest absolute Gasteiger partial charge is 0.339 e. The van der Waals surface area contributed by atoms with Crippen LogP contribution in [-0.2, 0) is 6.42 Å². The maximum absolute atomic E-state index is 5.31. The molecule has 5 heteroatoms. The van der Waals surface area contributed by atoms with E-state index in [1.54, 1.807) is 11.3 Å². The van der Waals surface area contributed by atoms with Gasteiger partial charge in [-0.05, 0) is 32.3 Å². The number of hydrogen-bond donors (Lipinski definition) is 1. The van der Waals surface area contributed by atoms with E-state index in [0.717, 1.165) is 12.2 Å². The molecule has 2 heterocycles. The SMILES string of the molecule is CNC(C)Cc1noc(C(C)c2cccs2)n1. The molecule has 1 N–H and O–H groups in total. The summed E-state index contributed by atoms with van der Waals surface area (Å²) in [4.78, 5) is 5.69. The van der Waals surface area contributed by atoms with Gasteiger partial charge in [0.25, 0.3) is 0 Å². The van der Waals surface area contributed by atoms with Crippen LogP contribution in [0.1, 0.15) is 36.4 Å². The van der Waals surface area contributed by atoms with Crippen LogP contribution in [0.15, 0.2) is 22.0 Å². The molecule has 0 bridgehead atoms. The van der Waals surface area contributed by atoms with Crippen LogP contribution in [-0.4, -0.2) is 23.2 Å². The van der Waals surface area contributed by atoms with Crippen molar-refractivity contribution in [3.8, 4) is 0 Å². The standard InChI is InChI=1S/C12H17N3OS/c1-8(13-3)7-11-14-12(16-15-11)9(2)10-5-4-6-17-10/h4-6,8-9,13H,7H2,1-3H3. The summed E-state index contributed by atoms with van der Waals surface area (Å²) in [7, 11) is 1.93. The van der Waals surface area contributed by atoms with Crippen molar-refractivity contribution in [1.82, 2.24) is 15.5 Å². The van der Waals surface area contributed by atoms with Crippen LogP contribution in [0.2, 0.25) is 0 Å². The van der Waals surface area contributed by atoms with E-state index in [1.807, 2.05) is 13.1 Å². The van der Waals surface area contributed by atoms with Gasteiger partial charge < -0.3 is 9.84 Å². The highest BCUT2D eigenvalue weighted by molar-refractivity contribution is 7.10. The summed E-state index contributed by atoms with van der Waals surface area (Å²) in [6.45, 7) is 4.18. The second-order valence-electron chi connectivity index (χ2n) is 4.18. The predicted molar refractivity (Wildman–Crippen MR) is 68.4 cm³/mol. The highest BCUT2D eigenvalue weighted by Gasteiger charge is 2.17. The Morgan fingerprint density at radius 3 is 2.94 bits per heavy atom. The van der Waals surface area contributed by atoms with Crippen molar-refractivity contribution >= 4 is 11.3 Å². The third kappa shape index (κ3) is 2.92. The Bertz CT molecular complexity index is 452. The molecular weight excluding hydrogens is 234 g/mol. The summed E-state index contributed by atoms with van der Waals surface area (Å²) in [6, 6.07) is 4.49. The monoisotopic (exact) mass is 251 g/mol. The molecule has 0 radical (unpaired) electrons. The Hall–Kier alpha value is -1.20. The number of thiophene rings is 1. The molecule has 0 amide bonds. The van der Waals surface area contributed by atoms with Crippen LogP contribution in [0.4, 0.5) is 0 Å². The number of hydrogen-bond acceptors (Lipinski definition) is 5. The van der Waals surface area contributed by atoms with Crippen molar-refractivity contribution < 1.29 is 4.52 Å². The minimum Gasteiger partial charge on any atom is -0.339 e. The van der Waals surface area contributed by atoms with E-state index in [9.17, 15) is 0 Å². The summed E-state index contributed by atoms with van der Waals surface area (Å²) in [5.74, 6) is 1.65. The normalized spacial score (nSPS) is 14.8. The van der Waals surface area contributed by atoms with Crippen LogP contribution in [0, 0.1) is 0 Å². The van der Waals surface area contributed by atoms with Gasteiger partial charge in [-0.25, -0.2) is 0 Å². The average Bonchev–Trinajstić information content (AvgIpc) is 2.98. The fraction of sp³-hybridized carbons (Fsp3) is 0.500. The summed E-state index contributed by atoms with van der Waals surface area (Å²) < 4.78 is 5.31. The van der Waals surface area contributed by atoms with E-state index in [1.165, 1.54) is 4.88 Å². The molecule has 2 aromatic heterocycles. The van der Waals surface area contributed by atoms with Crippen molar-refractivity contribution in [3.63, 3.8) is 0 Å². The highest BCUT2D eigenvalue weighted by atomic mass is 32.1. The Labute approximate surface area is 105 Å². The lowest BCUT2D eigenvalue weighted by atomic mass is 10.1.